The average Bonchev–Trinajstić information content (AvgIpc) is 3.18. The summed E-state index contributed by atoms with van der Waals surface area (Å²) in [6.07, 6.45) is 4.69. The molecule has 0 aliphatic heterocycles. The minimum atomic E-state index is -0.689. The molecule has 6 nitrogen and oxygen atoms in total. The Kier molecular flexibility index (Phi) is 4.46. The first-order valence-corrected chi connectivity index (χ1v) is 11.6. The predicted octanol–water partition coefficient (Wildman–Crippen LogP) is 5.07. The average molecular weight is 500 g/mol. The first-order chi connectivity index (χ1) is 15.8. The van der Waals surface area contributed by atoms with Crippen LogP contribution >= 0.6 is 15.9 Å². The maximum absolute atomic E-state index is 10.2. The molecule has 0 saturated heterocycles. The van der Waals surface area contributed by atoms with Crippen LogP contribution in [0.3, 0.4) is 0 Å². The number of halogens is 1. The maximum Gasteiger partial charge on any atom is 0.171 e. The van der Waals surface area contributed by atoms with Gasteiger partial charge in [0, 0.05) is 28.2 Å². The van der Waals surface area contributed by atoms with Crippen LogP contribution in [0.4, 0.5) is 0 Å². The lowest BCUT2D eigenvalue weighted by molar-refractivity contribution is -0.0738. The first-order valence-electron chi connectivity index (χ1n) is 10.8. The van der Waals surface area contributed by atoms with Crippen LogP contribution in [-0.2, 0) is 5.54 Å². The third-order valence-corrected chi connectivity index (χ3v) is 7.03. The van der Waals surface area contributed by atoms with Gasteiger partial charge in [0.2, 0.25) is 0 Å². The first kappa shape index (κ1) is 20.5. The zero-order valence-corrected chi connectivity index (χ0v) is 19.6. The Hall–Kier alpha value is -3.13. The number of nitrogens with zero attached hydrogens (tertiary/aromatic N) is 4. The van der Waals surface area contributed by atoms with E-state index >= 15 is 0 Å². The quantitative estimate of drug-likeness (QED) is 0.361. The van der Waals surface area contributed by atoms with Crippen LogP contribution in [0.25, 0.3) is 39.1 Å². The zero-order chi connectivity index (χ0) is 22.8. The fourth-order valence-corrected chi connectivity index (χ4v) is 5.40. The Bertz CT molecular complexity index is 1500. The van der Waals surface area contributed by atoms with Gasteiger partial charge >= 0.3 is 0 Å². The molecule has 0 amide bonds. The largest absolute Gasteiger partial charge is 0.390 e. The molecule has 2 aromatic carbocycles. The third kappa shape index (κ3) is 3.35. The lowest BCUT2D eigenvalue weighted by Gasteiger charge is -2.49. The molecule has 6 rings (SSSR count). The number of aromatic nitrogens is 4. The monoisotopic (exact) mass is 499 g/mol. The van der Waals surface area contributed by atoms with Gasteiger partial charge in [0.25, 0.3) is 0 Å². The van der Waals surface area contributed by atoms with Crippen molar-refractivity contribution in [1.82, 2.24) is 19.6 Å². The van der Waals surface area contributed by atoms with E-state index in [1.54, 1.807) is 10.7 Å². The fraction of sp³-hybridized carbons (Fsp3) is 0.192. The van der Waals surface area contributed by atoms with E-state index in [4.69, 9.17) is 10.7 Å². The van der Waals surface area contributed by atoms with Gasteiger partial charge in [0.05, 0.1) is 22.0 Å². The van der Waals surface area contributed by atoms with Gasteiger partial charge in [-0.15, -0.1) is 0 Å². The Morgan fingerprint density at radius 3 is 2.39 bits per heavy atom. The topological polar surface area (TPSA) is 89.3 Å². The van der Waals surface area contributed by atoms with Gasteiger partial charge in [-0.3, -0.25) is 0 Å². The van der Waals surface area contributed by atoms with E-state index in [1.165, 1.54) is 0 Å². The van der Waals surface area contributed by atoms with Crippen molar-refractivity contribution in [2.75, 3.05) is 0 Å². The Morgan fingerprint density at radius 2 is 1.70 bits per heavy atom. The molecule has 1 aliphatic carbocycles. The second kappa shape index (κ2) is 7.18. The molecular formula is C26H22BrN5O. The van der Waals surface area contributed by atoms with E-state index in [-0.39, 0.29) is 0 Å². The molecule has 164 valence electrons. The lowest BCUT2D eigenvalue weighted by Crippen LogP contribution is -2.58. The summed E-state index contributed by atoms with van der Waals surface area (Å²) >= 11 is 3.51. The Balaban J connectivity index is 1.53. The number of rotatable bonds is 3. The minimum absolute atomic E-state index is 0.486. The standard InChI is InChI=1S/C26H22BrN5O/c1-25(33)14-26(28,15-25)19-9-7-17(8-10-19)22-20(16-5-3-2-4-6-16)11-18-12-29-24-21(27)13-30-32(24)23(18)31-22/h2-13,33H,14-15,28H2,1H3/t25-,26-. The molecule has 1 aliphatic rings. The molecule has 0 bridgehead atoms. The summed E-state index contributed by atoms with van der Waals surface area (Å²) in [7, 11) is 0. The van der Waals surface area contributed by atoms with Crippen molar-refractivity contribution in [3.63, 3.8) is 0 Å². The van der Waals surface area contributed by atoms with Gasteiger partial charge in [-0.2, -0.15) is 9.61 Å². The normalized spacial score (nSPS) is 22.5. The number of pyridine rings is 1. The summed E-state index contributed by atoms with van der Waals surface area (Å²) in [6, 6.07) is 20.6. The number of nitrogens with two attached hydrogens (primary N) is 1. The molecule has 3 N–H and O–H groups in total. The maximum atomic E-state index is 10.2. The van der Waals surface area contributed by atoms with Crippen LogP contribution in [0, 0.1) is 0 Å². The Labute approximate surface area is 199 Å². The number of hydrogen-bond donors (Lipinski definition) is 2. The van der Waals surface area contributed by atoms with Gasteiger partial charge in [0.15, 0.2) is 11.3 Å². The van der Waals surface area contributed by atoms with E-state index in [1.807, 2.05) is 31.3 Å². The van der Waals surface area contributed by atoms with E-state index in [0.29, 0.717) is 12.8 Å². The summed E-state index contributed by atoms with van der Waals surface area (Å²) in [5.74, 6) is 0. The highest BCUT2D eigenvalue weighted by Crippen LogP contribution is 2.46. The van der Waals surface area contributed by atoms with Crippen LogP contribution < -0.4 is 5.73 Å². The molecule has 1 fully saturated rings. The van der Waals surface area contributed by atoms with Crippen LogP contribution in [0.15, 0.2) is 77.5 Å². The van der Waals surface area contributed by atoms with Crippen molar-refractivity contribution < 1.29 is 5.11 Å². The molecule has 1 saturated carbocycles. The molecule has 0 unspecified atom stereocenters. The molecule has 7 heteroatoms. The van der Waals surface area contributed by atoms with Gasteiger partial charge in [0.1, 0.15) is 0 Å². The van der Waals surface area contributed by atoms with Crippen molar-refractivity contribution in [3.05, 3.63) is 83.1 Å². The highest BCUT2D eigenvalue weighted by Gasteiger charge is 2.49. The third-order valence-electron chi connectivity index (χ3n) is 6.47. The molecule has 3 heterocycles. The van der Waals surface area contributed by atoms with Crippen LogP contribution in [0.1, 0.15) is 25.3 Å². The van der Waals surface area contributed by atoms with Crippen molar-refractivity contribution in [2.45, 2.75) is 30.9 Å². The van der Waals surface area contributed by atoms with Crippen LogP contribution in [-0.4, -0.2) is 30.3 Å². The fourth-order valence-electron chi connectivity index (χ4n) is 5.04. The van der Waals surface area contributed by atoms with E-state index < -0.39 is 11.1 Å². The van der Waals surface area contributed by atoms with Gasteiger partial charge in [-0.1, -0.05) is 54.6 Å². The molecular weight excluding hydrogens is 478 g/mol. The lowest BCUT2D eigenvalue weighted by atomic mass is 9.63. The summed E-state index contributed by atoms with van der Waals surface area (Å²) < 4.78 is 2.59. The highest BCUT2D eigenvalue weighted by atomic mass is 79.9. The molecule has 3 aromatic heterocycles. The number of fused-ring (bicyclic) bond motifs is 3. The summed E-state index contributed by atoms with van der Waals surface area (Å²) in [4.78, 5) is 9.63. The molecule has 5 aromatic rings. The van der Waals surface area contributed by atoms with Crippen molar-refractivity contribution in [1.29, 1.82) is 0 Å². The number of benzene rings is 2. The second-order valence-corrected chi connectivity index (χ2v) is 10.1. The molecule has 33 heavy (non-hydrogen) atoms. The molecule has 0 radical (unpaired) electrons. The predicted molar refractivity (Wildman–Crippen MR) is 133 cm³/mol. The van der Waals surface area contributed by atoms with Crippen molar-refractivity contribution in [2.24, 2.45) is 5.73 Å². The zero-order valence-electron chi connectivity index (χ0n) is 18.0. The van der Waals surface area contributed by atoms with Gasteiger partial charge in [-0.25, -0.2) is 9.97 Å². The highest BCUT2D eigenvalue weighted by molar-refractivity contribution is 9.10. The Morgan fingerprint density at radius 1 is 0.970 bits per heavy atom. The molecule has 0 atom stereocenters. The molecule has 0 spiro atoms. The summed E-state index contributed by atoms with van der Waals surface area (Å²) in [6.45, 7) is 1.83. The van der Waals surface area contributed by atoms with E-state index in [2.05, 4.69) is 68.5 Å². The SMILES string of the molecule is C[C@]1(O)C[C@@](N)(c2ccc(-c3nc4c(cnc5c(Br)cnn54)cc3-c3ccccc3)cc2)C1. The van der Waals surface area contributed by atoms with Gasteiger partial charge in [-0.05, 0) is 52.9 Å². The van der Waals surface area contributed by atoms with Crippen LogP contribution in [0.5, 0.6) is 0 Å². The smallest absolute Gasteiger partial charge is 0.171 e. The number of aliphatic hydroxyl groups is 1. The van der Waals surface area contributed by atoms with Crippen LogP contribution in [0.2, 0.25) is 0 Å². The van der Waals surface area contributed by atoms with Crippen molar-refractivity contribution >= 4 is 32.6 Å². The van der Waals surface area contributed by atoms with Gasteiger partial charge < -0.3 is 10.8 Å². The van der Waals surface area contributed by atoms with E-state index in [0.717, 1.165) is 49.1 Å². The summed E-state index contributed by atoms with van der Waals surface area (Å²) in [5, 5.41) is 15.6. The summed E-state index contributed by atoms with van der Waals surface area (Å²) in [5.41, 5.74) is 11.8. The number of hydrogen-bond acceptors (Lipinski definition) is 5. The van der Waals surface area contributed by atoms with Crippen molar-refractivity contribution in [3.8, 4) is 22.4 Å². The van der Waals surface area contributed by atoms with E-state index in [9.17, 15) is 5.11 Å². The minimum Gasteiger partial charge on any atom is -0.390 e. The second-order valence-electron chi connectivity index (χ2n) is 9.23.